The second kappa shape index (κ2) is 8.84. The highest BCUT2D eigenvalue weighted by molar-refractivity contribution is 7.89. The van der Waals surface area contributed by atoms with Gasteiger partial charge in [-0.2, -0.15) is 0 Å². The van der Waals surface area contributed by atoms with Gasteiger partial charge in [-0.25, -0.2) is 17.9 Å². The fourth-order valence-corrected chi connectivity index (χ4v) is 2.81. The van der Waals surface area contributed by atoms with Crippen molar-refractivity contribution >= 4 is 16.0 Å². The summed E-state index contributed by atoms with van der Waals surface area (Å²) < 4.78 is 36.3. The third-order valence-electron chi connectivity index (χ3n) is 3.00. The van der Waals surface area contributed by atoms with Crippen LogP contribution in [-0.2, 0) is 19.5 Å². The first kappa shape index (κ1) is 18.6. The van der Waals surface area contributed by atoms with Crippen molar-refractivity contribution in [3.05, 3.63) is 29.3 Å². The van der Waals surface area contributed by atoms with Crippen LogP contribution in [0.15, 0.2) is 23.1 Å². The minimum atomic E-state index is -3.66. The summed E-state index contributed by atoms with van der Waals surface area (Å²) >= 11 is 0. The van der Waals surface area contributed by atoms with Crippen molar-refractivity contribution in [2.24, 2.45) is 0 Å². The van der Waals surface area contributed by atoms with Crippen molar-refractivity contribution in [2.45, 2.75) is 11.8 Å². The quantitative estimate of drug-likeness (QED) is 0.499. The molecular formula is C14H22N2O5S. The maximum Gasteiger partial charge on any atom is 0.338 e. The predicted molar refractivity (Wildman–Crippen MR) is 82.5 cm³/mol. The first-order valence-electron chi connectivity index (χ1n) is 6.80. The zero-order chi connectivity index (χ0) is 16.6. The summed E-state index contributed by atoms with van der Waals surface area (Å²) in [7, 11) is -0.808. The number of sulfonamides is 1. The van der Waals surface area contributed by atoms with Crippen LogP contribution in [0.3, 0.4) is 0 Å². The molecule has 0 aliphatic heterocycles. The molecule has 8 heteroatoms. The molecule has 0 saturated heterocycles. The lowest BCUT2D eigenvalue weighted by Crippen LogP contribution is -2.33. The topological polar surface area (TPSA) is 93.7 Å². The fourth-order valence-electron chi connectivity index (χ4n) is 1.75. The molecule has 0 radical (unpaired) electrons. The molecule has 0 unspecified atom stereocenters. The number of benzene rings is 1. The number of nitrogens with one attached hydrogen (secondary N) is 2. The number of carbonyl (C=O) groups excluding carboxylic acids is 1. The van der Waals surface area contributed by atoms with E-state index in [9.17, 15) is 13.2 Å². The van der Waals surface area contributed by atoms with Gasteiger partial charge in [0.25, 0.3) is 0 Å². The van der Waals surface area contributed by atoms with E-state index in [-0.39, 0.29) is 17.0 Å². The lowest BCUT2D eigenvalue weighted by molar-refractivity contribution is 0.0599. The van der Waals surface area contributed by atoms with Crippen LogP contribution < -0.4 is 10.0 Å². The maximum absolute atomic E-state index is 12.2. The molecule has 0 aromatic heterocycles. The van der Waals surface area contributed by atoms with Crippen molar-refractivity contribution in [1.29, 1.82) is 0 Å². The zero-order valence-corrected chi connectivity index (χ0v) is 13.8. The summed E-state index contributed by atoms with van der Waals surface area (Å²) in [6.45, 7) is 3.66. The Morgan fingerprint density at radius 2 is 1.91 bits per heavy atom. The van der Waals surface area contributed by atoms with Gasteiger partial charge in [0, 0.05) is 26.7 Å². The number of carbonyl (C=O) groups is 1. The molecule has 0 aliphatic carbocycles. The van der Waals surface area contributed by atoms with Crippen LogP contribution >= 0.6 is 0 Å². The molecule has 1 aromatic rings. The minimum Gasteiger partial charge on any atom is -0.465 e. The summed E-state index contributed by atoms with van der Waals surface area (Å²) in [5.41, 5.74) is 0.899. The molecule has 1 aromatic carbocycles. The predicted octanol–water partition coefficient (Wildman–Crippen LogP) is 0.296. The highest BCUT2D eigenvalue weighted by atomic mass is 32.2. The number of rotatable bonds is 9. The van der Waals surface area contributed by atoms with Gasteiger partial charge in [0.1, 0.15) is 0 Å². The van der Waals surface area contributed by atoms with Crippen LogP contribution in [0.25, 0.3) is 0 Å². The van der Waals surface area contributed by atoms with E-state index in [0.717, 1.165) is 0 Å². The van der Waals surface area contributed by atoms with Gasteiger partial charge < -0.3 is 14.8 Å². The van der Waals surface area contributed by atoms with E-state index in [1.807, 2.05) is 0 Å². The smallest absolute Gasteiger partial charge is 0.338 e. The molecule has 0 heterocycles. The average Bonchev–Trinajstić information content (AvgIpc) is 2.50. The van der Waals surface area contributed by atoms with Gasteiger partial charge in [-0.1, -0.05) is 6.07 Å². The Morgan fingerprint density at radius 3 is 2.55 bits per heavy atom. The summed E-state index contributed by atoms with van der Waals surface area (Å²) in [6.07, 6.45) is 0. The van der Waals surface area contributed by atoms with Crippen molar-refractivity contribution < 1.29 is 22.7 Å². The molecule has 7 nitrogen and oxygen atoms in total. The van der Waals surface area contributed by atoms with Crippen molar-refractivity contribution in [3.63, 3.8) is 0 Å². The van der Waals surface area contributed by atoms with E-state index >= 15 is 0 Å². The van der Waals surface area contributed by atoms with Crippen LogP contribution in [0, 0.1) is 6.92 Å². The van der Waals surface area contributed by atoms with Gasteiger partial charge >= 0.3 is 5.97 Å². The molecule has 1 rings (SSSR count). The standard InChI is InChI=1S/C14H22N2O5S/c1-11-4-5-12(10-13(11)14(17)21-3)22(18,19)16-7-6-15-8-9-20-2/h4-5,10,15-16H,6-9H2,1-3H3. The summed E-state index contributed by atoms with van der Waals surface area (Å²) in [6, 6.07) is 4.36. The van der Waals surface area contributed by atoms with Crippen molar-refractivity contribution in [3.8, 4) is 0 Å². The third kappa shape index (κ3) is 5.38. The lowest BCUT2D eigenvalue weighted by Gasteiger charge is -2.10. The Morgan fingerprint density at radius 1 is 1.18 bits per heavy atom. The second-order valence-corrected chi connectivity index (χ2v) is 6.38. The lowest BCUT2D eigenvalue weighted by atomic mass is 10.1. The van der Waals surface area contributed by atoms with Gasteiger partial charge in [0.15, 0.2) is 0 Å². The molecule has 0 fully saturated rings. The molecular weight excluding hydrogens is 308 g/mol. The van der Waals surface area contributed by atoms with E-state index in [1.54, 1.807) is 20.1 Å². The van der Waals surface area contributed by atoms with E-state index < -0.39 is 16.0 Å². The maximum atomic E-state index is 12.2. The van der Waals surface area contributed by atoms with E-state index in [1.165, 1.54) is 19.2 Å². The Balaban J connectivity index is 2.71. The SMILES string of the molecule is COCCNCCNS(=O)(=O)c1ccc(C)c(C(=O)OC)c1. The Kier molecular flexibility index (Phi) is 7.46. The minimum absolute atomic E-state index is 0.0374. The number of hydrogen-bond donors (Lipinski definition) is 2. The Bertz CT molecular complexity index is 601. The molecule has 22 heavy (non-hydrogen) atoms. The Hall–Kier alpha value is -1.48. The summed E-state index contributed by atoms with van der Waals surface area (Å²) in [5.74, 6) is -0.559. The number of methoxy groups -OCH3 is 2. The normalized spacial score (nSPS) is 11.4. The van der Waals surface area contributed by atoms with Gasteiger partial charge in [0.2, 0.25) is 10.0 Å². The second-order valence-electron chi connectivity index (χ2n) is 4.61. The van der Waals surface area contributed by atoms with Crippen molar-refractivity contribution in [1.82, 2.24) is 10.0 Å². The molecule has 0 saturated carbocycles. The van der Waals surface area contributed by atoms with E-state index in [2.05, 4.69) is 14.8 Å². The molecule has 0 atom stereocenters. The highest BCUT2D eigenvalue weighted by Crippen LogP contribution is 2.16. The molecule has 0 spiro atoms. The van der Waals surface area contributed by atoms with Gasteiger partial charge in [-0.3, -0.25) is 0 Å². The first-order valence-corrected chi connectivity index (χ1v) is 8.29. The van der Waals surface area contributed by atoms with Crippen LogP contribution in [0.2, 0.25) is 0 Å². The van der Waals surface area contributed by atoms with E-state index in [0.29, 0.717) is 25.3 Å². The number of ether oxygens (including phenoxy) is 2. The summed E-state index contributed by atoms with van der Waals surface area (Å²) in [4.78, 5) is 11.7. The number of hydrogen-bond acceptors (Lipinski definition) is 6. The van der Waals surface area contributed by atoms with Crippen molar-refractivity contribution in [2.75, 3.05) is 40.5 Å². The van der Waals surface area contributed by atoms with Crippen LogP contribution in [0.5, 0.6) is 0 Å². The number of aryl methyl sites for hydroxylation is 1. The molecule has 124 valence electrons. The largest absolute Gasteiger partial charge is 0.465 e. The highest BCUT2D eigenvalue weighted by Gasteiger charge is 2.17. The monoisotopic (exact) mass is 330 g/mol. The molecule has 0 amide bonds. The van der Waals surface area contributed by atoms with Gasteiger partial charge in [0.05, 0.1) is 24.2 Å². The van der Waals surface area contributed by atoms with Crippen LogP contribution in [0.1, 0.15) is 15.9 Å². The Labute approximate surface area is 131 Å². The van der Waals surface area contributed by atoms with Crippen LogP contribution in [-0.4, -0.2) is 54.8 Å². The van der Waals surface area contributed by atoms with Crippen LogP contribution in [0.4, 0.5) is 0 Å². The first-order chi connectivity index (χ1) is 10.4. The van der Waals surface area contributed by atoms with Gasteiger partial charge in [-0.05, 0) is 24.6 Å². The number of esters is 1. The summed E-state index contributed by atoms with van der Waals surface area (Å²) in [5, 5.41) is 3.03. The molecule has 0 bridgehead atoms. The zero-order valence-electron chi connectivity index (χ0n) is 13.0. The molecule has 2 N–H and O–H groups in total. The van der Waals surface area contributed by atoms with E-state index in [4.69, 9.17) is 4.74 Å². The fraction of sp³-hybridized carbons (Fsp3) is 0.500. The third-order valence-corrected chi connectivity index (χ3v) is 4.46. The average molecular weight is 330 g/mol. The molecule has 0 aliphatic rings. The van der Waals surface area contributed by atoms with Gasteiger partial charge in [-0.15, -0.1) is 0 Å².